The molecule has 1 aromatic carbocycles. The number of nitrogens with zero attached hydrogens (tertiary/aromatic N) is 1. The van der Waals surface area contributed by atoms with Crippen LogP contribution in [0.25, 0.3) is 0 Å². The molecule has 1 aromatic heterocycles. The summed E-state index contributed by atoms with van der Waals surface area (Å²) in [6.45, 7) is 7.85. The molecule has 20 heavy (non-hydrogen) atoms. The van der Waals surface area contributed by atoms with Crippen molar-refractivity contribution in [1.82, 2.24) is 4.98 Å². The fraction of sp³-hybridized carbons (Fsp3) is 0.250. The maximum absolute atomic E-state index is 11.0. The van der Waals surface area contributed by atoms with Crippen LogP contribution < -0.4 is 5.32 Å². The molecule has 2 aromatic rings. The van der Waals surface area contributed by atoms with Crippen molar-refractivity contribution in [2.24, 2.45) is 0 Å². The van der Waals surface area contributed by atoms with Gasteiger partial charge < -0.3 is 10.4 Å². The van der Waals surface area contributed by atoms with Crippen LogP contribution in [0.5, 0.6) is 0 Å². The zero-order chi connectivity index (χ0) is 14.9. The van der Waals surface area contributed by atoms with Gasteiger partial charge in [0.05, 0.1) is 11.3 Å². The summed E-state index contributed by atoms with van der Waals surface area (Å²) in [6.07, 6.45) is 0. The lowest BCUT2D eigenvalue weighted by atomic mass is 10.1. The molecule has 4 heteroatoms. The van der Waals surface area contributed by atoms with E-state index < -0.39 is 5.97 Å². The van der Waals surface area contributed by atoms with Crippen molar-refractivity contribution in [2.75, 3.05) is 5.32 Å². The van der Waals surface area contributed by atoms with Crippen molar-refractivity contribution < 1.29 is 9.90 Å². The minimum absolute atomic E-state index is 0.230. The van der Waals surface area contributed by atoms with Crippen LogP contribution in [0.1, 0.15) is 32.7 Å². The second-order valence-corrected chi connectivity index (χ2v) is 5.03. The first-order chi connectivity index (χ1) is 9.38. The number of carbonyl (C=O) groups is 1. The number of benzene rings is 1. The largest absolute Gasteiger partial charge is 0.478 e. The molecule has 0 unspecified atom stereocenters. The number of hydrogen-bond donors (Lipinski definition) is 2. The zero-order valence-corrected chi connectivity index (χ0v) is 12.1. The topological polar surface area (TPSA) is 62.2 Å². The van der Waals surface area contributed by atoms with Crippen molar-refractivity contribution in [3.05, 3.63) is 52.2 Å². The number of carboxylic acids is 1. The highest BCUT2D eigenvalue weighted by Gasteiger charge is 2.10. The highest BCUT2D eigenvalue weighted by atomic mass is 16.4. The Morgan fingerprint density at radius 3 is 2.20 bits per heavy atom. The molecule has 0 aliphatic rings. The summed E-state index contributed by atoms with van der Waals surface area (Å²) >= 11 is 0. The molecule has 1 heterocycles. The summed E-state index contributed by atoms with van der Waals surface area (Å²) in [5, 5.41) is 12.3. The summed E-state index contributed by atoms with van der Waals surface area (Å²) in [5.74, 6) is -0.299. The van der Waals surface area contributed by atoms with Crippen molar-refractivity contribution in [1.29, 1.82) is 0 Å². The van der Waals surface area contributed by atoms with Crippen LogP contribution in [0, 0.1) is 27.7 Å². The monoisotopic (exact) mass is 270 g/mol. The fourth-order valence-electron chi connectivity index (χ4n) is 2.36. The van der Waals surface area contributed by atoms with E-state index in [-0.39, 0.29) is 5.56 Å². The number of carboxylic acid groups (broad SMARTS) is 1. The highest BCUT2D eigenvalue weighted by Crippen LogP contribution is 2.25. The van der Waals surface area contributed by atoms with E-state index in [9.17, 15) is 4.79 Å². The van der Waals surface area contributed by atoms with Crippen LogP contribution >= 0.6 is 0 Å². The standard InChI is InChI=1S/C16H18N2O2/c1-9-7-10(2)15(11(3)8-9)18-14-6-5-13(16(19)20)12(4)17-14/h5-8H,1-4H3,(H,17,18)(H,19,20). The van der Waals surface area contributed by atoms with Gasteiger partial charge in [-0.3, -0.25) is 0 Å². The molecule has 0 saturated heterocycles. The van der Waals surface area contributed by atoms with E-state index >= 15 is 0 Å². The Hall–Kier alpha value is -2.36. The summed E-state index contributed by atoms with van der Waals surface area (Å²) in [4.78, 5) is 15.3. The molecular formula is C16H18N2O2. The first-order valence-electron chi connectivity index (χ1n) is 6.44. The number of hydrogen-bond acceptors (Lipinski definition) is 3. The molecule has 0 radical (unpaired) electrons. The van der Waals surface area contributed by atoms with Gasteiger partial charge in [0, 0.05) is 5.69 Å². The molecule has 0 amide bonds. The van der Waals surface area contributed by atoms with Crippen LogP contribution in [0.15, 0.2) is 24.3 Å². The van der Waals surface area contributed by atoms with Gasteiger partial charge in [-0.2, -0.15) is 0 Å². The summed E-state index contributed by atoms with van der Waals surface area (Å²) < 4.78 is 0. The smallest absolute Gasteiger partial charge is 0.337 e. The number of aromatic carboxylic acids is 1. The molecule has 0 bridgehead atoms. The molecule has 0 aliphatic carbocycles. The lowest BCUT2D eigenvalue weighted by Crippen LogP contribution is -2.05. The number of rotatable bonds is 3. The SMILES string of the molecule is Cc1cc(C)c(Nc2ccc(C(=O)O)c(C)n2)c(C)c1. The predicted molar refractivity (Wildman–Crippen MR) is 79.9 cm³/mol. The average molecular weight is 270 g/mol. The quantitative estimate of drug-likeness (QED) is 0.891. The van der Waals surface area contributed by atoms with Crippen LogP contribution in [-0.2, 0) is 0 Å². The van der Waals surface area contributed by atoms with Gasteiger partial charge in [0.15, 0.2) is 0 Å². The molecule has 2 N–H and O–H groups in total. The minimum atomic E-state index is -0.954. The molecule has 2 rings (SSSR count). The van der Waals surface area contributed by atoms with E-state index in [0.29, 0.717) is 11.5 Å². The number of anilines is 2. The lowest BCUT2D eigenvalue weighted by molar-refractivity contribution is 0.0695. The normalized spacial score (nSPS) is 10.4. The summed E-state index contributed by atoms with van der Waals surface area (Å²) in [6, 6.07) is 7.47. The van der Waals surface area contributed by atoms with Gasteiger partial charge in [-0.25, -0.2) is 9.78 Å². The Morgan fingerprint density at radius 1 is 1.10 bits per heavy atom. The molecule has 0 aliphatic heterocycles. The van der Waals surface area contributed by atoms with Crippen LogP contribution in [-0.4, -0.2) is 16.1 Å². The Bertz CT molecular complexity index is 655. The van der Waals surface area contributed by atoms with Gasteiger partial charge >= 0.3 is 5.97 Å². The third-order valence-electron chi connectivity index (χ3n) is 3.25. The van der Waals surface area contributed by atoms with Crippen molar-refractivity contribution in [3.63, 3.8) is 0 Å². The van der Waals surface area contributed by atoms with Gasteiger partial charge in [0.1, 0.15) is 5.82 Å². The molecule has 4 nitrogen and oxygen atoms in total. The van der Waals surface area contributed by atoms with Crippen LogP contribution in [0.2, 0.25) is 0 Å². The molecule has 0 saturated carbocycles. The third kappa shape index (κ3) is 2.79. The first kappa shape index (κ1) is 14.1. The maximum atomic E-state index is 11.0. The van der Waals surface area contributed by atoms with E-state index in [2.05, 4.69) is 29.4 Å². The Balaban J connectivity index is 2.36. The summed E-state index contributed by atoms with van der Waals surface area (Å²) in [5.41, 5.74) is 5.26. The van der Waals surface area contributed by atoms with E-state index in [0.717, 1.165) is 16.8 Å². The van der Waals surface area contributed by atoms with Crippen molar-refractivity contribution in [3.8, 4) is 0 Å². The van der Waals surface area contributed by atoms with Crippen LogP contribution in [0.3, 0.4) is 0 Å². The fourth-order valence-corrected chi connectivity index (χ4v) is 2.36. The van der Waals surface area contributed by atoms with Gasteiger partial charge in [-0.05, 0) is 51.0 Å². The maximum Gasteiger partial charge on any atom is 0.337 e. The Kier molecular flexibility index (Phi) is 3.74. The average Bonchev–Trinajstić information content (AvgIpc) is 2.33. The van der Waals surface area contributed by atoms with Crippen LogP contribution in [0.4, 0.5) is 11.5 Å². The number of aromatic nitrogens is 1. The van der Waals surface area contributed by atoms with Gasteiger partial charge in [0.25, 0.3) is 0 Å². The summed E-state index contributed by atoms with van der Waals surface area (Å²) in [7, 11) is 0. The zero-order valence-electron chi connectivity index (χ0n) is 12.1. The van der Waals surface area contributed by atoms with Gasteiger partial charge in [-0.15, -0.1) is 0 Å². The lowest BCUT2D eigenvalue weighted by Gasteiger charge is -2.14. The van der Waals surface area contributed by atoms with Crippen molar-refractivity contribution in [2.45, 2.75) is 27.7 Å². The number of aryl methyl sites for hydroxylation is 4. The van der Waals surface area contributed by atoms with E-state index in [4.69, 9.17) is 5.11 Å². The molecule has 0 atom stereocenters. The minimum Gasteiger partial charge on any atom is -0.478 e. The second-order valence-electron chi connectivity index (χ2n) is 5.03. The first-order valence-corrected chi connectivity index (χ1v) is 6.44. The van der Waals surface area contributed by atoms with Gasteiger partial charge in [0.2, 0.25) is 0 Å². The Labute approximate surface area is 118 Å². The van der Waals surface area contributed by atoms with E-state index in [1.54, 1.807) is 19.1 Å². The van der Waals surface area contributed by atoms with E-state index in [1.165, 1.54) is 5.56 Å². The number of nitrogens with one attached hydrogen (secondary N) is 1. The van der Waals surface area contributed by atoms with Crippen molar-refractivity contribution >= 4 is 17.5 Å². The van der Waals surface area contributed by atoms with E-state index in [1.807, 2.05) is 13.8 Å². The second kappa shape index (κ2) is 5.33. The number of pyridine rings is 1. The molecular weight excluding hydrogens is 252 g/mol. The molecule has 0 fully saturated rings. The van der Waals surface area contributed by atoms with Gasteiger partial charge in [-0.1, -0.05) is 17.7 Å². The molecule has 104 valence electrons. The molecule has 0 spiro atoms. The highest BCUT2D eigenvalue weighted by molar-refractivity contribution is 5.89. The predicted octanol–water partition coefficient (Wildman–Crippen LogP) is 3.76. The third-order valence-corrected chi connectivity index (χ3v) is 3.25. The Morgan fingerprint density at radius 2 is 1.70 bits per heavy atom.